The number of amides is 1. The molecule has 4 rings (SSSR count). The zero-order valence-corrected chi connectivity index (χ0v) is 19.5. The van der Waals surface area contributed by atoms with Crippen LogP contribution >= 0.6 is 0 Å². The minimum Gasteiger partial charge on any atom is -0.341 e. The Balaban J connectivity index is 1.33. The van der Waals surface area contributed by atoms with Crippen molar-refractivity contribution in [3.8, 4) is 0 Å². The van der Waals surface area contributed by atoms with Gasteiger partial charge in [-0.1, -0.05) is 0 Å². The first-order chi connectivity index (χ1) is 14.8. The average Bonchev–Trinajstić information content (AvgIpc) is 3.02. The Labute approximate surface area is 186 Å². The van der Waals surface area contributed by atoms with Gasteiger partial charge in [-0.25, -0.2) is 9.97 Å². The Bertz CT molecular complexity index is 774. The lowest BCUT2D eigenvalue weighted by Crippen LogP contribution is -2.56. The predicted molar refractivity (Wildman–Crippen MR) is 121 cm³/mol. The quantitative estimate of drug-likeness (QED) is 0.695. The molecule has 7 nitrogen and oxygen atoms in total. The van der Waals surface area contributed by atoms with Gasteiger partial charge in [0.2, 0.25) is 11.9 Å². The van der Waals surface area contributed by atoms with Crippen LogP contribution in [0.4, 0.5) is 5.95 Å². The van der Waals surface area contributed by atoms with Crippen LogP contribution in [0.25, 0.3) is 0 Å². The minimum absolute atomic E-state index is 0.0358. The molecule has 2 atom stereocenters. The van der Waals surface area contributed by atoms with E-state index in [2.05, 4.69) is 33.6 Å². The number of likely N-dealkylation sites (tertiary alicyclic amines) is 1. The van der Waals surface area contributed by atoms with E-state index >= 15 is 0 Å². The number of piperazine rings is 1. The van der Waals surface area contributed by atoms with Gasteiger partial charge in [-0.2, -0.15) is 0 Å². The number of carbonyl (C=O) groups is 2. The Kier molecular flexibility index (Phi) is 6.60. The number of rotatable bonds is 6. The number of carbonyl (C=O) groups excluding carboxylic acids is 2. The molecule has 7 heteroatoms. The van der Waals surface area contributed by atoms with Crippen molar-refractivity contribution in [3.05, 3.63) is 18.0 Å². The summed E-state index contributed by atoms with van der Waals surface area (Å²) < 4.78 is 0. The highest BCUT2D eigenvalue weighted by Crippen LogP contribution is 2.34. The van der Waals surface area contributed by atoms with Gasteiger partial charge >= 0.3 is 0 Å². The van der Waals surface area contributed by atoms with Crippen LogP contribution in [-0.4, -0.2) is 69.7 Å². The number of ketones is 1. The Morgan fingerprint density at radius 3 is 2.06 bits per heavy atom. The van der Waals surface area contributed by atoms with Crippen molar-refractivity contribution in [2.24, 2.45) is 11.8 Å². The van der Waals surface area contributed by atoms with E-state index in [0.29, 0.717) is 24.7 Å². The van der Waals surface area contributed by atoms with Crippen molar-refractivity contribution in [1.29, 1.82) is 0 Å². The second-order valence-corrected chi connectivity index (χ2v) is 10.1. The Morgan fingerprint density at radius 2 is 1.55 bits per heavy atom. The minimum atomic E-state index is 0.0358. The van der Waals surface area contributed by atoms with Gasteiger partial charge in [0, 0.05) is 74.6 Å². The maximum Gasteiger partial charge on any atom is 0.225 e. The Hall–Kier alpha value is -2.02. The van der Waals surface area contributed by atoms with Gasteiger partial charge in [-0.05, 0) is 59.3 Å². The molecule has 0 N–H and O–H groups in total. The van der Waals surface area contributed by atoms with Crippen LogP contribution in [0.3, 0.4) is 0 Å². The van der Waals surface area contributed by atoms with Crippen LogP contribution in [-0.2, 0) is 16.1 Å². The monoisotopic (exact) mass is 427 g/mol. The summed E-state index contributed by atoms with van der Waals surface area (Å²) in [5.41, 5.74) is 0.963. The van der Waals surface area contributed by atoms with Gasteiger partial charge in [0.05, 0.1) is 0 Å². The molecule has 1 aromatic rings. The van der Waals surface area contributed by atoms with E-state index in [9.17, 15) is 9.59 Å². The van der Waals surface area contributed by atoms with E-state index in [4.69, 9.17) is 0 Å². The lowest BCUT2D eigenvalue weighted by atomic mass is 9.80. The topological polar surface area (TPSA) is 69.6 Å². The molecule has 2 bridgehead atoms. The van der Waals surface area contributed by atoms with Crippen LogP contribution in [0.2, 0.25) is 0 Å². The molecule has 0 radical (unpaired) electrons. The second-order valence-electron chi connectivity index (χ2n) is 10.1. The first-order valence-electron chi connectivity index (χ1n) is 11.9. The first-order valence-corrected chi connectivity index (χ1v) is 11.9. The van der Waals surface area contributed by atoms with E-state index in [0.717, 1.165) is 50.3 Å². The third-order valence-corrected chi connectivity index (χ3v) is 7.61. The number of fused-ring (bicyclic) bond motifs is 2. The number of hydrogen-bond donors (Lipinski definition) is 0. The summed E-state index contributed by atoms with van der Waals surface area (Å²) >= 11 is 0. The van der Waals surface area contributed by atoms with Gasteiger partial charge in [0.15, 0.2) is 0 Å². The molecular formula is C24H37N5O2. The number of nitrogens with zero attached hydrogens (tertiary/aromatic N) is 5. The van der Waals surface area contributed by atoms with Crippen LogP contribution in [0, 0.1) is 11.8 Å². The lowest BCUT2D eigenvalue weighted by Gasteiger charge is -2.42. The molecule has 3 aliphatic rings. The molecule has 31 heavy (non-hydrogen) atoms. The second kappa shape index (κ2) is 9.23. The number of Topliss-reactive ketones (excluding diaryl/α,β-unsaturated/α-hetero) is 1. The normalized spacial score (nSPS) is 28.7. The van der Waals surface area contributed by atoms with Gasteiger partial charge in [0.25, 0.3) is 0 Å². The molecule has 2 unspecified atom stereocenters. The highest BCUT2D eigenvalue weighted by Gasteiger charge is 2.41. The van der Waals surface area contributed by atoms with Crippen molar-refractivity contribution in [2.75, 3.05) is 25.0 Å². The zero-order chi connectivity index (χ0) is 22.1. The molecule has 2 aliphatic heterocycles. The summed E-state index contributed by atoms with van der Waals surface area (Å²) in [5.74, 6) is 1.45. The van der Waals surface area contributed by atoms with Crippen LogP contribution < -0.4 is 4.90 Å². The fourth-order valence-electron chi connectivity index (χ4n) is 5.66. The van der Waals surface area contributed by atoms with Gasteiger partial charge in [-0.15, -0.1) is 0 Å². The van der Waals surface area contributed by atoms with Crippen molar-refractivity contribution >= 4 is 17.6 Å². The fraction of sp³-hybridized carbons (Fsp3) is 0.750. The van der Waals surface area contributed by atoms with Gasteiger partial charge in [0.1, 0.15) is 5.78 Å². The standard InChI is InChI=1S/C24H37N5O2/c1-16(2)28-14-21-9-10-22(15-28)29(21)24-25-11-18(12-26-24)13-27(4)23(31)20-7-5-19(6-8-20)17(3)30/h11-12,16,19-22H,5-10,13-15H2,1-4H3. The largest absolute Gasteiger partial charge is 0.341 e. The SMILES string of the molecule is CC(=O)C1CCC(C(=O)N(C)Cc2cnc(N3C4CCC3CN(C(C)C)C4)nc2)CC1. The zero-order valence-electron chi connectivity index (χ0n) is 19.5. The molecule has 1 aliphatic carbocycles. The van der Waals surface area contributed by atoms with Crippen LogP contribution in [0.1, 0.15) is 64.9 Å². The summed E-state index contributed by atoms with van der Waals surface area (Å²) in [5, 5.41) is 0. The van der Waals surface area contributed by atoms with Crippen molar-refractivity contribution < 1.29 is 9.59 Å². The number of hydrogen-bond acceptors (Lipinski definition) is 6. The molecule has 1 saturated carbocycles. The van der Waals surface area contributed by atoms with Gasteiger partial charge in [-0.3, -0.25) is 14.5 Å². The lowest BCUT2D eigenvalue weighted by molar-refractivity contribution is -0.137. The number of aromatic nitrogens is 2. The molecular weight excluding hydrogens is 390 g/mol. The molecule has 0 aromatic carbocycles. The van der Waals surface area contributed by atoms with Gasteiger partial charge < -0.3 is 9.80 Å². The van der Waals surface area contributed by atoms with Crippen LogP contribution in [0.5, 0.6) is 0 Å². The van der Waals surface area contributed by atoms with Crippen molar-refractivity contribution in [1.82, 2.24) is 19.8 Å². The third kappa shape index (κ3) is 4.76. The highest BCUT2D eigenvalue weighted by molar-refractivity contribution is 5.81. The third-order valence-electron chi connectivity index (χ3n) is 7.61. The fourth-order valence-corrected chi connectivity index (χ4v) is 5.66. The summed E-state index contributed by atoms with van der Waals surface area (Å²) in [6.07, 6.45) is 9.49. The van der Waals surface area contributed by atoms with Crippen LogP contribution in [0.15, 0.2) is 12.4 Å². The summed E-state index contributed by atoms with van der Waals surface area (Å²) in [4.78, 5) is 40.6. The highest BCUT2D eigenvalue weighted by atomic mass is 16.2. The molecule has 1 amide bonds. The Morgan fingerprint density at radius 1 is 1.00 bits per heavy atom. The molecule has 170 valence electrons. The van der Waals surface area contributed by atoms with E-state index in [1.54, 1.807) is 11.8 Å². The summed E-state index contributed by atoms with van der Waals surface area (Å²) in [6.45, 7) is 8.91. The average molecular weight is 428 g/mol. The van der Waals surface area contributed by atoms with Crippen molar-refractivity contribution in [3.63, 3.8) is 0 Å². The van der Waals surface area contributed by atoms with E-state index in [-0.39, 0.29) is 23.5 Å². The van der Waals surface area contributed by atoms with Crippen molar-refractivity contribution in [2.45, 2.75) is 84.0 Å². The molecule has 3 heterocycles. The summed E-state index contributed by atoms with van der Waals surface area (Å²) in [7, 11) is 1.86. The molecule has 1 aromatic heterocycles. The maximum absolute atomic E-state index is 12.9. The number of anilines is 1. The maximum atomic E-state index is 12.9. The predicted octanol–water partition coefficient (Wildman–Crippen LogP) is 2.89. The summed E-state index contributed by atoms with van der Waals surface area (Å²) in [6, 6.07) is 1.59. The van der Waals surface area contributed by atoms with E-state index in [1.807, 2.05) is 19.4 Å². The molecule has 2 saturated heterocycles. The molecule has 3 fully saturated rings. The first kappa shape index (κ1) is 22.2. The van der Waals surface area contributed by atoms with E-state index < -0.39 is 0 Å². The van der Waals surface area contributed by atoms with E-state index in [1.165, 1.54) is 12.8 Å². The smallest absolute Gasteiger partial charge is 0.225 e. The molecule has 0 spiro atoms.